The largest absolute Gasteiger partial charge is 0.257 e. The fourth-order valence-electron chi connectivity index (χ4n) is 1.92. The monoisotopic (exact) mass is 201 g/mol. The van der Waals surface area contributed by atoms with E-state index in [1.165, 1.54) is 22.5 Å². The Kier molecular flexibility index (Phi) is 2.64. The molecule has 1 heterocycles. The van der Waals surface area contributed by atoms with Gasteiger partial charge in [0, 0.05) is 12.1 Å². The summed E-state index contributed by atoms with van der Waals surface area (Å²) in [7, 11) is 0. The summed E-state index contributed by atoms with van der Waals surface area (Å²) < 4.78 is 0. The summed E-state index contributed by atoms with van der Waals surface area (Å²) in [4.78, 5) is 4.71. The van der Waals surface area contributed by atoms with Gasteiger partial charge in [-0.3, -0.25) is 4.99 Å². The molecule has 0 amide bonds. The van der Waals surface area contributed by atoms with Crippen LogP contribution in [0.4, 0.5) is 5.69 Å². The van der Waals surface area contributed by atoms with Crippen LogP contribution in [0.1, 0.15) is 44.7 Å². The minimum absolute atomic E-state index is 0.569. The van der Waals surface area contributed by atoms with Crippen molar-refractivity contribution in [2.75, 3.05) is 0 Å². The van der Waals surface area contributed by atoms with Crippen LogP contribution in [0.25, 0.3) is 0 Å². The van der Waals surface area contributed by atoms with Crippen molar-refractivity contribution in [1.29, 1.82) is 0 Å². The highest BCUT2D eigenvalue weighted by molar-refractivity contribution is 5.95. The highest BCUT2D eigenvalue weighted by Gasteiger charge is 2.17. The fraction of sp³-hybridized carbons (Fsp3) is 0.500. The van der Waals surface area contributed by atoms with E-state index in [0.717, 1.165) is 6.42 Å². The van der Waals surface area contributed by atoms with Crippen molar-refractivity contribution in [3.63, 3.8) is 0 Å². The van der Waals surface area contributed by atoms with E-state index in [9.17, 15) is 0 Å². The van der Waals surface area contributed by atoms with Gasteiger partial charge in [-0.25, -0.2) is 0 Å². The summed E-state index contributed by atoms with van der Waals surface area (Å²) in [6, 6.07) is 6.72. The van der Waals surface area contributed by atoms with Crippen LogP contribution >= 0.6 is 0 Å². The summed E-state index contributed by atoms with van der Waals surface area (Å²) in [5, 5.41) is 0. The van der Waals surface area contributed by atoms with Crippen LogP contribution in [0.3, 0.4) is 0 Å². The van der Waals surface area contributed by atoms with E-state index in [4.69, 9.17) is 4.99 Å². The molecular formula is C14H19N. The summed E-state index contributed by atoms with van der Waals surface area (Å²) in [5.41, 5.74) is 5.31. The summed E-state index contributed by atoms with van der Waals surface area (Å²) in [6.45, 7) is 8.88. The number of benzene rings is 1. The first kappa shape index (κ1) is 10.4. The van der Waals surface area contributed by atoms with Crippen molar-refractivity contribution in [1.82, 2.24) is 0 Å². The van der Waals surface area contributed by atoms with Gasteiger partial charge in [-0.15, -0.1) is 0 Å². The lowest BCUT2D eigenvalue weighted by Crippen LogP contribution is -2.06. The first-order valence-corrected chi connectivity index (χ1v) is 5.78. The molecule has 1 aromatic rings. The molecule has 0 fully saturated rings. The van der Waals surface area contributed by atoms with E-state index >= 15 is 0 Å². The Morgan fingerprint density at radius 2 is 1.80 bits per heavy atom. The lowest BCUT2D eigenvalue weighted by Gasteiger charge is -2.06. The zero-order valence-electron chi connectivity index (χ0n) is 10.0. The average Bonchev–Trinajstić information content (AvgIpc) is 2.59. The third kappa shape index (κ3) is 1.97. The Balaban J connectivity index is 2.34. The number of hydrogen-bond donors (Lipinski definition) is 0. The highest BCUT2D eigenvalue weighted by atomic mass is 14.8. The molecular weight excluding hydrogens is 182 g/mol. The maximum absolute atomic E-state index is 4.71. The van der Waals surface area contributed by atoms with Crippen LogP contribution in [0.15, 0.2) is 23.2 Å². The number of fused-ring (bicyclic) bond motifs is 1. The van der Waals surface area contributed by atoms with Crippen LogP contribution in [0.2, 0.25) is 0 Å². The van der Waals surface area contributed by atoms with E-state index < -0.39 is 0 Å². The first-order chi connectivity index (χ1) is 7.08. The molecule has 80 valence electrons. The second kappa shape index (κ2) is 3.80. The van der Waals surface area contributed by atoms with Crippen molar-refractivity contribution in [3.8, 4) is 0 Å². The molecule has 0 aliphatic carbocycles. The zero-order chi connectivity index (χ0) is 11.0. The van der Waals surface area contributed by atoms with Gasteiger partial charge < -0.3 is 0 Å². The lowest BCUT2D eigenvalue weighted by atomic mass is 9.98. The number of rotatable bonds is 2. The fourth-order valence-corrected chi connectivity index (χ4v) is 1.92. The average molecular weight is 201 g/mol. The normalized spacial score (nSPS) is 14.7. The van der Waals surface area contributed by atoms with Gasteiger partial charge in [0.25, 0.3) is 0 Å². The smallest absolute Gasteiger partial charge is 0.0667 e. The van der Waals surface area contributed by atoms with E-state index in [1.54, 1.807) is 0 Å². The summed E-state index contributed by atoms with van der Waals surface area (Å²) in [5.74, 6) is 1.16. The Labute approximate surface area is 92.2 Å². The molecule has 2 rings (SSSR count). The summed E-state index contributed by atoms with van der Waals surface area (Å²) in [6.07, 6.45) is 1.05. The molecule has 0 atom stereocenters. The predicted molar refractivity (Wildman–Crippen MR) is 66.2 cm³/mol. The molecule has 0 saturated heterocycles. The predicted octanol–water partition coefficient (Wildman–Crippen LogP) is 4.09. The van der Waals surface area contributed by atoms with Crippen LogP contribution in [0.5, 0.6) is 0 Å². The van der Waals surface area contributed by atoms with Crippen molar-refractivity contribution in [2.45, 2.75) is 40.0 Å². The molecule has 1 aliphatic rings. The molecule has 1 aliphatic heterocycles. The molecule has 0 spiro atoms. The SMILES string of the molecule is CC(C)C1=Nc2cc(C(C)C)ccc2C1. The van der Waals surface area contributed by atoms with Gasteiger partial charge >= 0.3 is 0 Å². The third-order valence-corrected chi connectivity index (χ3v) is 3.08. The van der Waals surface area contributed by atoms with Crippen molar-refractivity contribution < 1.29 is 0 Å². The highest BCUT2D eigenvalue weighted by Crippen LogP contribution is 2.31. The van der Waals surface area contributed by atoms with Gasteiger partial charge in [0.1, 0.15) is 0 Å². The molecule has 0 unspecified atom stereocenters. The molecule has 0 radical (unpaired) electrons. The van der Waals surface area contributed by atoms with Crippen molar-refractivity contribution in [3.05, 3.63) is 29.3 Å². The van der Waals surface area contributed by atoms with E-state index in [0.29, 0.717) is 11.8 Å². The topological polar surface area (TPSA) is 12.4 Å². The maximum Gasteiger partial charge on any atom is 0.0667 e. The van der Waals surface area contributed by atoms with Gasteiger partial charge in [0.05, 0.1) is 5.69 Å². The third-order valence-electron chi connectivity index (χ3n) is 3.08. The Morgan fingerprint density at radius 1 is 1.07 bits per heavy atom. The molecule has 1 nitrogen and oxygen atoms in total. The Morgan fingerprint density at radius 3 is 2.40 bits per heavy atom. The first-order valence-electron chi connectivity index (χ1n) is 5.78. The second-order valence-electron chi connectivity index (χ2n) is 4.98. The molecule has 1 heteroatoms. The van der Waals surface area contributed by atoms with Gasteiger partial charge in [-0.1, -0.05) is 39.8 Å². The zero-order valence-corrected chi connectivity index (χ0v) is 10.0. The van der Waals surface area contributed by atoms with Crippen molar-refractivity contribution in [2.24, 2.45) is 10.9 Å². The van der Waals surface area contributed by atoms with Gasteiger partial charge in [-0.05, 0) is 29.0 Å². The van der Waals surface area contributed by atoms with Crippen LogP contribution in [0, 0.1) is 5.92 Å². The minimum atomic E-state index is 0.569. The molecule has 0 saturated carbocycles. The lowest BCUT2D eigenvalue weighted by molar-refractivity contribution is 0.866. The standard InChI is InChI=1S/C14H19N/c1-9(2)11-5-6-12-8-13(10(3)4)15-14(12)7-11/h5-7,9-10H,8H2,1-4H3. The Hall–Kier alpha value is -1.11. The van der Waals surface area contributed by atoms with Gasteiger partial charge in [-0.2, -0.15) is 0 Å². The quantitative estimate of drug-likeness (QED) is 0.683. The summed E-state index contributed by atoms with van der Waals surface area (Å²) >= 11 is 0. The van der Waals surface area contributed by atoms with Gasteiger partial charge in [0.15, 0.2) is 0 Å². The molecule has 0 bridgehead atoms. The molecule has 15 heavy (non-hydrogen) atoms. The number of aliphatic imine (C=N–C) groups is 1. The second-order valence-corrected chi connectivity index (χ2v) is 4.98. The van der Waals surface area contributed by atoms with Gasteiger partial charge in [0.2, 0.25) is 0 Å². The van der Waals surface area contributed by atoms with E-state index in [1.807, 2.05) is 0 Å². The number of hydrogen-bond acceptors (Lipinski definition) is 1. The molecule has 1 aromatic carbocycles. The van der Waals surface area contributed by atoms with E-state index in [2.05, 4.69) is 45.9 Å². The number of nitrogens with zero attached hydrogens (tertiary/aromatic N) is 1. The molecule has 0 N–H and O–H groups in total. The van der Waals surface area contributed by atoms with Crippen molar-refractivity contribution >= 4 is 11.4 Å². The van der Waals surface area contributed by atoms with Crippen LogP contribution in [-0.4, -0.2) is 5.71 Å². The van der Waals surface area contributed by atoms with Crippen LogP contribution in [-0.2, 0) is 6.42 Å². The van der Waals surface area contributed by atoms with Crippen LogP contribution < -0.4 is 0 Å². The molecule has 0 aromatic heterocycles. The minimum Gasteiger partial charge on any atom is -0.257 e. The van der Waals surface area contributed by atoms with E-state index in [-0.39, 0.29) is 0 Å². The Bertz CT molecular complexity index is 400. The maximum atomic E-state index is 4.71.